The minimum absolute atomic E-state index is 0.0801. The number of nitriles is 1. The van der Waals surface area contributed by atoms with Crippen LogP contribution in [0.5, 0.6) is 0 Å². The van der Waals surface area contributed by atoms with Gasteiger partial charge in [0.05, 0.1) is 29.5 Å². The van der Waals surface area contributed by atoms with E-state index in [1.54, 1.807) is 12.3 Å². The zero-order chi connectivity index (χ0) is 20.8. The number of rotatable bonds is 8. The van der Waals surface area contributed by atoms with Crippen molar-refractivity contribution in [2.75, 3.05) is 11.9 Å². The first kappa shape index (κ1) is 21.3. The number of esters is 1. The second kappa shape index (κ2) is 9.85. The predicted molar refractivity (Wildman–Crippen MR) is 112 cm³/mol. The monoisotopic (exact) mass is 430 g/mol. The molecule has 3 rings (SSSR count). The van der Waals surface area contributed by atoms with Crippen LogP contribution in [0.4, 0.5) is 5.13 Å². The summed E-state index contributed by atoms with van der Waals surface area (Å²) in [4.78, 5) is 33.2. The summed E-state index contributed by atoms with van der Waals surface area (Å²) in [5.41, 5.74) is 3.26. The van der Waals surface area contributed by atoms with E-state index in [4.69, 9.17) is 4.74 Å². The molecule has 0 fully saturated rings. The Hall–Kier alpha value is -2.44. The number of carbonyl (C=O) groups is 2. The lowest BCUT2D eigenvalue weighted by Gasteiger charge is -2.14. The number of aromatic nitrogens is 2. The molecule has 1 unspecified atom stereocenters. The van der Waals surface area contributed by atoms with Gasteiger partial charge in [-0.2, -0.15) is 5.26 Å². The van der Waals surface area contributed by atoms with E-state index in [0.29, 0.717) is 34.4 Å². The average molecular weight is 431 g/mol. The maximum Gasteiger partial charge on any atom is 0.311 e. The molecule has 0 saturated heterocycles. The van der Waals surface area contributed by atoms with Gasteiger partial charge in [0.1, 0.15) is 11.1 Å². The van der Waals surface area contributed by atoms with Crippen molar-refractivity contribution >= 4 is 40.1 Å². The number of fused-ring (bicyclic) bond motifs is 1. The topological polar surface area (TPSA) is 105 Å². The van der Waals surface area contributed by atoms with Gasteiger partial charge in [-0.05, 0) is 44.2 Å². The fraction of sp³-hybridized carbons (Fsp3) is 0.450. The number of nitrogens with zero attached hydrogens (tertiary/aromatic N) is 3. The minimum Gasteiger partial charge on any atom is -0.466 e. The molecular weight excluding hydrogens is 408 g/mol. The quantitative estimate of drug-likeness (QED) is 0.505. The molecule has 1 aliphatic carbocycles. The molecule has 1 N–H and O–H groups in total. The lowest BCUT2D eigenvalue weighted by Crippen LogP contribution is -2.25. The van der Waals surface area contributed by atoms with Crippen molar-refractivity contribution in [3.8, 4) is 6.07 Å². The summed E-state index contributed by atoms with van der Waals surface area (Å²) in [5.74, 6) is -0.537. The van der Waals surface area contributed by atoms with Gasteiger partial charge in [0, 0.05) is 11.1 Å². The summed E-state index contributed by atoms with van der Waals surface area (Å²) in [6.45, 7) is 3.99. The number of pyridine rings is 1. The molecule has 0 bridgehead atoms. The van der Waals surface area contributed by atoms with Crippen molar-refractivity contribution in [1.29, 1.82) is 5.26 Å². The van der Waals surface area contributed by atoms with E-state index in [2.05, 4.69) is 21.4 Å². The largest absolute Gasteiger partial charge is 0.466 e. The number of hydrogen-bond donors (Lipinski definition) is 1. The Morgan fingerprint density at radius 3 is 2.93 bits per heavy atom. The van der Waals surface area contributed by atoms with Gasteiger partial charge in [0.15, 0.2) is 5.13 Å². The van der Waals surface area contributed by atoms with E-state index in [9.17, 15) is 14.9 Å². The average Bonchev–Trinajstić information content (AvgIpc) is 3.33. The maximum absolute atomic E-state index is 12.7. The van der Waals surface area contributed by atoms with Crippen molar-refractivity contribution < 1.29 is 14.3 Å². The highest BCUT2D eigenvalue weighted by atomic mass is 32.2. The SMILES string of the molecule is CCOC(=O)Cc1csc(NC(=O)C(CC)Sc2nc3c(cc2C#N)CCC3)n1. The molecular formula is C20H22N4O3S2. The molecule has 152 valence electrons. The molecule has 1 atom stereocenters. The third-order valence-electron chi connectivity index (χ3n) is 4.47. The Balaban J connectivity index is 1.67. The maximum atomic E-state index is 12.7. The second-order valence-corrected chi connectivity index (χ2v) is 8.59. The van der Waals surface area contributed by atoms with Crippen LogP contribution in [0.3, 0.4) is 0 Å². The Labute approximate surface area is 177 Å². The van der Waals surface area contributed by atoms with Crippen LogP contribution in [-0.2, 0) is 33.6 Å². The molecule has 2 aromatic rings. The summed E-state index contributed by atoms with van der Waals surface area (Å²) >= 11 is 2.58. The Bertz CT molecular complexity index is 952. The Morgan fingerprint density at radius 1 is 1.38 bits per heavy atom. The molecule has 9 heteroatoms. The van der Waals surface area contributed by atoms with Gasteiger partial charge in [-0.25, -0.2) is 9.97 Å². The highest BCUT2D eigenvalue weighted by Crippen LogP contribution is 2.32. The molecule has 0 radical (unpaired) electrons. The second-order valence-electron chi connectivity index (χ2n) is 6.54. The fourth-order valence-corrected chi connectivity index (χ4v) is 4.78. The third kappa shape index (κ3) is 5.34. The van der Waals surface area contributed by atoms with Crippen LogP contribution >= 0.6 is 23.1 Å². The number of hydrogen-bond acceptors (Lipinski definition) is 8. The summed E-state index contributed by atoms with van der Waals surface area (Å²) in [6, 6.07) is 4.11. The molecule has 1 aliphatic rings. The third-order valence-corrected chi connectivity index (χ3v) is 6.64. The number of thioether (sulfide) groups is 1. The zero-order valence-electron chi connectivity index (χ0n) is 16.4. The van der Waals surface area contributed by atoms with Crippen LogP contribution in [0.2, 0.25) is 0 Å². The van der Waals surface area contributed by atoms with Crippen molar-refractivity contribution in [1.82, 2.24) is 9.97 Å². The fourth-order valence-electron chi connectivity index (χ4n) is 3.07. The molecule has 2 aromatic heterocycles. The number of aryl methyl sites for hydroxylation is 2. The summed E-state index contributed by atoms with van der Waals surface area (Å²) in [6.07, 6.45) is 3.59. The standard InChI is InChI=1S/C20H22N4O3S2/c1-3-16(29-19-13(10-21)8-12-6-5-7-15(12)23-19)18(26)24-20-22-14(11-28-20)9-17(25)27-4-2/h8,11,16H,3-7,9H2,1-2H3,(H,22,24,26). The summed E-state index contributed by atoms with van der Waals surface area (Å²) < 4.78 is 4.91. The molecule has 29 heavy (non-hydrogen) atoms. The van der Waals surface area contributed by atoms with Crippen molar-refractivity contribution in [2.45, 2.75) is 56.2 Å². The van der Waals surface area contributed by atoms with Crippen LogP contribution in [0.25, 0.3) is 0 Å². The van der Waals surface area contributed by atoms with E-state index < -0.39 is 5.25 Å². The van der Waals surface area contributed by atoms with E-state index in [1.807, 2.05) is 13.0 Å². The molecule has 7 nitrogen and oxygen atoms in total. The molecule has 2 heterocycles. The predicted octanol–water partition coefficient (Wildman–Crippen LogP) is 3.51. The van der Waals surface area contributed by atoms with Gasteiger partial charge < -0.3 is 10.1 Å². The van der Waals surface area contributed by atoms with Crippen LogP contribution < -0.4 is 5.32 Å². The smallest absolute Gasteiger partial charge is 0.311 e. The van der Waals surface area contributed by atoms with Crippen LogP contribution in [-0.4, -0.2) is 33.7 Å². The van der Waals surface area contributed by atoms with Crippen LogP contribution in [0.1, 0.15) is 49.2 Å². The van der Waals surface area contributed by atoms with Gasteiger partial charge in [0.2, 0.25) is 5.91 Å². The summed E-state index contributed by atoms with van der Waals surface area (Å²) in [5, 5.41) is 14.7. The first-order valence-electron chi connectivity index (χ1n) is 9.54. The van der Waals surface area contributed by atoms with Gasteiger partial charge >= 0.3 is 5.97 Å². The van der Waals surface area contributed by atoms with Crippen molar-refractivity contribution in [3.63, 3.8) is 0 Å². The molecule has 0 saturated carbocycles. The lowest BCUT2D eigenvalue weighted by atomic mass is 10.2. The zero-order valence-corrected chi connectivity index (χ0v) is 18.0. The summed E-state index contributed by atoms with van der Waals surface area (Å²) in [7, 11) is 0. The first-order valence-corrected chi connectivity index (χ1v) is 11.3. The Morgan fingerprint density at radius 2 is 2.21 bits per heavy atom. The molecule has 0 aliphatic heterocycles. The molecule has 0 aromatic carbocycles. The lowest BCUT2D eigenvalue weighted by molar-refractivity contribution is -0.142. The van der Waals surface area contributed by atoms with E-state index in [0.717, 1.165) is 30.5 Å². The van der Waals surface area contributed by atoms with Gasteiger partial charge in [-0.3, -0.25) is 9.59 Å². The highest BCUT2D eigenvalue weighted by molar-refractivity contribution is 8.00. The minimum atomic E-state index is -0.397. The molecule has 0 spiro atoms. The number of anilines is 1. The highest BCUT2D eigenvalue weighted by Gasteiger charge is 2.24. The van der Waals surface area contributed by atoms with Crippen molar-refractivity contribution in [2.24, 2.45) is 0 Å². The Kier molecular flexibility index (Phi) is 7.23. The number of nitrogens with one attached hydrogen (secondary N) is 1. The van der Waals surface area contributed by atoms with E-state index in [1.165, 1.54) is 23.1 Å². The van der Waals surface area contributed by atoms with E-state index >= 15 is 0 Å². The van der Waals surface area contributed by atoms with Gasteiger partial charge in [-0.15, -0.1) is 11.3 Å². The number of thiazole rings is 1. The van der Waals surface area contributed by atoms with Gasteiger partial charge in [0.25, 0.3) is 0 Å². The van der Waals surface area contributed by atoms with E-state index in [-0.39, 0.29) is 18.3 Å². The first-order chi connectivity index (χ1) is 14.0. The number of carbonyl (C=O) groups excluding carboxylic acids is 2. The van der Waals surface area contributed by atoms with Gasteiger partial charge in [-0.1, -0.05) is 18.7 Å². The van der Waals surface area contributed by atoms with Crippen molar-refractivity contribution in [3.05, 3.63) is 34.0 Å². The number of amides is 1. The number of ether oxygens (including phenoxy) is 1. The van der Waals surface area contributed by atoms with Crippen LogP contribution in [0, 0.1) is 11.3 Å². The van der Waals surface area contributed by atoms with Crippen LogP contribution in [0.15, 0.2) is 16.5 Å². The normalized spacial score (nSPS) is 13.4. The molecule has 1 amide bonds.